The molecule has 0 bridgehead atoms. The molecule has 1 saturated heterocycles. The van der Waals surface area contributed by atoms with Crippen molar-refractivity contribution in [2.45, 2.75) is 25.7 Å². The monoisotopic (exact) mass is 494 g/mol. The van der Waals surface area contributed by atoms with Crippen LogP contribution in [0.3, 0.4) is 0 Å². The lowest BCUT2D eigenvalue weighted by Gasteiger charge is -2.32. The first kappa shape index (κ1) is 24.5. The molecule has 0 saturated carbocycles. The number of hydrogen-bond acceptors (Lipinski definition) is 6. The third-order valence-electron chi connectivity index (χ3n) is 7.21. The Hall–Kier alpha value is -4.22. The minimum atomic E-state index is 0.0326. The SMILES string of the molecule is Cc1ccc(C(=O)N2CCC(c3ccc(C#N)cc3)CC2)cc1-c1nc2cc(N(C)CCO)ncc2[nH]1. The Morgan fingerprint density at radius 2 is 1.95 bits per heavy atom. The number of carbonyl (C=O) groups is 1. The molecule has 1 fully saturated rings. The van der Waals surface area contributed by atoms with E-state index in [0.717, 1.165) is 40.8 Å². The number of aliphatic hydroxyl groups excluding tert-OH is 1. The first-order valence-corrected chi connectivity index (χ1v) is 12.5. The maximum absolute atomic E-state index is 13.4. The van der Waals surface area contributed by atoms with Crippen LogP contribution in [-0.4, -0.2) is 64.2 Å². The molecular weight excluding hydrogens is 464 g/mol. The number of aromatic amines is 1. The lowest BCUT2D eigenvalue weighted by Crippen LogP contribution is -2.37. The normalized spacial score (nSPS) is 14.1. The van der Waals surface area contributed by atoms with Crippen LogP contribution in [0.2, 0.25) is 0 Å². The van der Waals surface area contributed by atoms with Crippen LogP contribution in [-0.2, 0) is 0 Å². The van der Waals surface area contributed by atoms with E-state index in [9.17, 15) is 9.90 Å². The Morgan fingerprint density at radius 3 is 2.65 bits per heavy atom. The zero-order valence-electron chi connectivity index (χ0n) is 21.1. The molecule has 2 aromatic carbocycles. The zero-order chi connectivity index (χ0) is 25.9. The van der Waals surface area contributed by atoms with E-state index in [1.165, 1.54) is 5.56 Å². The van der Waals surface area contributed by atoms with Crippen molar-refractivity contribution in [1.29, 1.82) is 5.26 Å². The van der Waals surface area contributed by atoms with Gasteiger partial charge in [-0.1, -0.05) is 18.2 Å². The van der Waals surface area contributed by atoms with Crippen LogP contribution in [0.4, 0.5) is 5.82 Å². The van der Waals surface area contributed by atoms with E-state index >= 15 is 0 Å². The molecule has 4 aromatic rings. The molecule has 188 valence electrons. The van der Waals surface area contributed by atoms with E-state index in [1.807, 2.05) is 72.3 Å². The van der Waals surface area contributed by atoms with Gasteiger partial charge in [0.15, 0.2) is 0 Å². The molecule has 0 spiro atoms. The van der Waals surface area contributed by atoms with Gasteiger partial charge in [-0.3, -0.25) is 4.79 Å². The number of nitriles is 1. The van der Waals surface area contributed by atoms with Gasteiger partial charge in [0.2, 0.25) is 0 Å². The molecule has 8 heteroatoms. The number of carbonyl (C=O) groups excluding carboxylic acids is 1. The maximum atomic E-state index is 13.4. The molecule has 0 aliphatic carbocycles. The molecular formula is C29H30N6O2. The number of piperidine rings is 1. The standard InChI is InChI=1S/C29H30N6O2/c1-19-3-6-23(29(37)35-11-9-22(10-12-35)21-7-4-20(17-30)5-8-21)15-24(19)28-32-25-16-27(34(2)13-14-36)31-18-26(25)33-28/h3-8,15-16,18,22,36H,9-14H2,1-2H3,(H,32,33). The van der Waals surface area contributed by atoms with Gasteiger partial charge in [-0.25, -0.2) is 9.97 Å². The minimum absolute atomic E-state index is 0.0326. The lowest BCUT2D eigenvalue weighted by molar-refractivity contribution is 0.0713. The number of benzene rings is 2. The average Bonchev–Trinajstić information content (AvgIpc) is 3.36. The van der Waals surface area contributed by atoms with Gasteiger partial charge < -0.3 is 19.9 Å². The van der Waals surface area contributed by atoms with E-state index in [2.05, 4.69) is 16.0 Å². The van der Waals surface area contributed by atoms with Crippen molar-refractivity contribution in [3.63, 3.8) is 0 Å². The summed E-state index contributed by atoms with van der Waals surface area (Å²) < 4.78 is 0. The third-order valence-corrected chi connectivity index (χ3v) is 7.21. The van der Waals surface area contributed by atoms with Crippen molar-refractivity contribution < 1.29 is 9.90 Å². The Balaban J connectivity index is 1.32. The molecule has 37 heavy (non-hydrogen) atoms. The fraction of sp³-hybridized carbons (Fsp3) is 0.310. The van der Waals surface area contributed by atoms with Crippen molar-refractivity contribution >= 4 is 22.8 Å². The number of likely N-dealkylation sites (N-methyl/N-ethyl adjacent to an activating group) is 1. The predicted molar refractivity (Wildman–Crippen MR) is 143 cm³/mol. The predicted octanol–water partition coefficient (Wildman–Crippen LogP) is 4.25. The summed E-state index contributed by atoms with van der Waals surface area (Å²) in [7, 11) is 1.88. The van der Waals surface area contributed by atoms with Gasteiger partial charge in [0.1, 0.15) is 11.6 Å². The number of likely N-dealkylation sites (tertiary alicyclic amines) is 1. The van der Waals surface area contributed by atoms with Gasteiger partial charge in [-0.05, 0) is 61.1 Å². The average molecular weight is 495 g/mol. The fourth-order valence-corrected chi connectivity index (χ4v) is 4.94. The minimum Gasteiger partial charge on any atom is -0.395 e. The number of nitrogens with zero attached hydrogens (tertiary/aromatic N) is 5. The van der Waals surface area contributed by atoms with E-state index in [0.29, 0.717) is 42.5 Å². The van der Waals surface area contributed by atoms with Crippen molar-refractivity contribution in [2.24, 2.45) is 0 Å². The Labute approximate surface area is 216 Å². The summed E-state index contributed by atoms with van der Waals surface area (Å²) in [6, 6.07) is 17.6. The molecule has 2 aromatic heterocycles. The van der Waals surface area contributed by atoms with Crippen molar-refractivity contribution in [2.75, 3.05) is 38.2 Å². The van der Waals surface area contributed by atoms with Crippen LogP contribution in [0, 0.1) is 18.3 Å². The number of amides is 1. The second-order valence-electron chi connectivity index (χ2n) is 9.62. The molecule has 0 unspecified atom stereocenters. The van der Waals surface area contributed by atoms with Gasteiger partial charge in [0.25, 0.3) is 5.91 Å². The first-order chi connectivity index (χ1) is 18.0. The molecule has 0 atom stereocenters. The summed E-state index contributed by atoms with van der Waals surface area (Å²) in [6.45, 7) is 3.96. The number of rotatable bonds is 6. The van der Waals surface area contributed by atoms with Crippen LogP contribution in [0.5, 0.6) is 0 Å². The van der Waals surface area contributed by atoms with E-state index in [-0.39, 0.29) is 12.5 Å². The fourth-order valence-electron chi connectivity index (χ4n) is 4.94. The molecule has 1 aliphatic heterocycles. The van der Waals surface area contributed by atoms with Crippen molar-refractivity contribution in [3.05, 3.63) is 77.0 Å². The number of aryl methyl sites for hydroxylation is 1. The number of pyridine rings is 1. The summed E-state index contributed by atoms with van der Waals surface area (Å²) in [6.07, 6.45) is 3.55. The van der Waals surface area contributed by atoms with Crippen molar-refractivity contribution in [1.82, 2.24) is 19.9 Å². The zero-order valence-corrected chi connectivity index (χ0v) is 21.1. The second kappa shape index (κ2) is 10.4. The summed E-state index contributed by atoms with van der Waals surface area (Å²) in [4.78, 5) is 29.8. The number of H-pyrrole nitrogens is 1. The van der Waals surface area contributed by atoms with Crippen LogP contribution >= 0.6 is 0 Å². The molecule has 3 heterocycles. The largest absolute Gasteiger partial charge is 0.395 e. The highest BCUT2D eigenvalue weighted by atomic mass is 16.3. The van der Waals surface area contributed by atoms with E-state index < -0.39 is 0 Å². The maximum Gasteiger partial charge on any atom is 0.253 e. The number of nitrogens with one attached hydrogen (secondary N) is 1. The van der Waals surface area contributed by atoms with E-state index in [1.54, 1.807) is 6.20 Å². The highest BCUT2D eigenvalue weighted by molar-refractivity contribution is 5.96. The molecule has 1 amide bonds. The highest BCUT2D eigenvalue weighted by Crippen LogP contribution is 2.30. The number of aromatic nitrogens is 3. The smallest absolute Gasteiger partial charge is 0.253 e. The van der Waals surface area contributed by atoms with Crippen LogP contribution < -0.4 is 4.90 Å². The number of aliphatic hydroxyl groups is 1. The van der Waals surface area contributed by atoms with Gasteiger partial charge in [-0.2, -0.15) is 5.26 Å². The third kappa shape index (κ3) is 5.04. The van der Waals surface area contributed by atoms with Crippen molar-refractivity contribution in [3.8, 4) is 17.5 Å². The molecule has 8 nitrogen and oxygen atoms in total. The molecule has 5 rings (SSSR count). The molecule has 0 radical (unpaired) electrons. The Bertz CT molecular complexity index is 1460. The van der Waals surface area contributed by atoms with Gasteiger partial charge in [0.05, 0.1) is 35.5 Å². The summed E-state index contributed by atoms with van der Waals surface area (Å²) in [5.74, 6) is 1.87. The molecule has 1 aliphatic rings. The van der Waals surface area contributed by atoms with Gasteiger partial charge in [-0.15, -0.1) is 0 Å². The van der Waals surface area contributed by atoms with Gasteiger partial charge in [0, 0.05) is 43.9 Å². The Morgan fingerprint density at radius 1 is 1.19 bits per heavy atom. The number of imidazole rings is 1. The van der Waals surface area contributed by atoms with Crippen LogP contribution in [0.1, 0.15) is 45.8 Å². The number of fused-ring (bicyclic) bond motifs is 1. The first-order valence-electron chi connectivity index (χ1n) is 12.5. The van der Waals surface area contributed by atoms with Crippen LogP contribution in [0.15, 0.2) is 54.7 Å². The summed E-state index contributed by atoms with van der Waals surface area (Å²) >= 11 is 0. The summed E-state index contributed by atoms with van der Waals surface area (Å²) in [5, 5.41) is 18.2. The quantitative estimate of drug-likeness (QED) is 0.415. The topological polar surface area (TPSA) is 109 Å². The summed E-state index contributed by atoms with van der Waals surface area (Å²) in [5.41, 5.74) is 6.07. The number of anilines is 1. The Kier molecular flexibility index (Phi) is 6.89. The van der Waals surface area contributed by atoms with E-state index in [4.69, 9.17) is 10.2 Å². The molecule has 2 N–H and O–H groups in total. The lowest BCUT2D eigenvalue weighted by atomic mass is 9.89. The highest BCUT2D eigenvalue weighted by Gasteiger charge is 2.25. The van der Waals surface area contributed by atoms with Gasteiger partial charge >= 0.3 is 0 Å². The number of hydrogen-bond donors (Lipinski definition) is 2. The van der Waals surface area contributed by atoms with Crippen LogP contribution in [0.25, 0.3) is 22.4 Å². The second-order valence-corrected chi connectivity index (χ2v) is 9.62.